The van der Waals surface area contributed by atoms with E-state index in [1.54, 1.807) is 48.2 Å². The first-order chi connectivity index (χ1) is 23.0. The third kappa shape index (κ3) is 5.02. The summed E-state index contributed by atoms with van der Waals surface area (Å²) in [6, 6.07) is 18.9. The zero-order chi connectivity index (χ0) is 33.5. The van der Waals surface area contributed by atoms with E-state index >= 15 is 0 Å². The molecular formula is C34H25BrF3N3O5S2. The topological polar surface area (TPSA) is 109 Å². The van der Waals surface area contributed by atoms with Crippen molar-refractivity contribution in [3.8, 4) is 5.75 Å². The molecular weight excluding hydrogens is 731 g/mol. The molecule has 0 spiro atoms. The average Bonchev–Trinajstić information content (AvgIpc) is 3.79. The van der Waals surface area contributed by atoms with Crippen LogP contribution in [0, 0.1) is 29.6 Å². The number of nitrogens with one attached hydrogen (secondary N) is 2. The molecule has 4 aromatic rings. The number of ether oxygens (including phenoxy) is 1. The van der Waals surface area contributed by atoms with Crippen molar-refractivity contribution in [1.29, 1.82) is 0 Å². The van der Waals surface area contributed by atoms with Crippen LogP contribution < -0.4 is 19.8 Å². The van der Waals surface area contributed by atoms with Gasteiger partial charge in [-0.1, -0.05) is 57.6 Å². The maximum Gasteiger partial charge on any atom is 0.418 e. The lowest BCUT2D eigenvalue weighted by atomic mass is 9.68. The number of thioether (sulfide) groups is 1. The summed E-state index contributed by atoms with van der Waals surface area (Å²) in [6.07, 6.45) is -3.95. The van der Waals surface area contributed by atoms with Crippen molar-refractivity contribution in [3.05, 3.63) is 103 Å². The smallest absolute Gasteiger partial charge is 0.418 e. The van der Waals surface area contributed by atoms with Crippen LogP contribution in [-0.4, -0.2) is 34.6 Å². The number of para-hydroxylation sites is 2. The number of fused-ring (bicyclic) bond motifs is 9. The summed E-state index contributed by atoms with van der Waals surface area (Å²) in [7, 11) is 0. The predicted molar refractivity (Wildman–Crippen MR) is 177 cm³/mol. The number of thiazole rings is 1. The SMILES string of the molecule is O=C(COc1ccccc1[C@H]1c2sc(=O)[nH]c2SC2C1[C@H]1C[C@@H]2C2C(=O)N(c3ccc(Br)cc3)C(=O)C21)Nc1ccccc1C(F)(F)F. The van der Waals surface area contributed by atoms with E-state index in [0.717, 1.165) is 31.8 Å². The van der Waals surface area contributed by atoms with Crippen LogP contribution in [0.4, 0.5) is 24.5 Å². The van der Waals surface area contributed by atoms with Gasteiger partial charge < -0.3 is 15.0 Å². The second-order valence-electron chi connectivity index (χ2n) is 12.4. The molecule has 1 aromatic heterocycles. The fourth-order valence-electron chi connectivity index (χ4n) is 8.25. The molecule has 2 bridgehead atoms. The van der Waals surface area contributed by atoms with Gasteiger partial charge >= 0.3 is 11.0 Å². The Morgan fingerprint density at radius 2 is 1.65 bits per heavy atom. The van der Waals surface area contributed by atoms with Gasteiger partial charge in [0, 0.05) is 26.1 Å². The van der Waals surface area contributed by atoms with Gasteiger partial charge in [-0.2, -0.15) is 13.2 Å². The Bertz CT molecular complexity index is 2030. The first-order valence-corrected chi connectivity index (χ1v) is 17.7. The van der Waals surface area contributed by atoms with Gasteiger partial charge in [0.05, 0.1) is 33.8 Å². The fourth-order valence-corrected chi connectivity index (χ4v) is 11.4. The number of hydrogen-bond donors (Lipinski definition) is 2. The Morgan fingerprint density at radius 1 is 0.958 bits per heavy atom. The summed E-state index contributed by atoms with van der Waals surface area (Å²) in [5.41, 5.74) is -0.0937. The zero-order valence-corrected chi connectivity index (χ0v) is 27.9. The van der Waals surface area contributed by atoms with E-state index in [1.165, 1.54) is 23.1 Å². The summed E-state index contributed by atoms with van der Waals surface area (Å²) in [6.45, 7) is -0.555. The van der Waals surface area contributed by atoms with Crippen molar-refractivity contribution in [3.63, 3.8) is 0 Å². The molecule has 1 saturated heterocycles. The minimum absolute atomic E-state index is 0.0594. The fraction of sp³-hybridized carbons (Fsp3) is 0.294. The molecule has 7 atom stereocenters. The van der Waals surface area contributed by atoms with Crippen molar-refractivity contribution in [1.82, 2.24) is 4.98 Å². The molecule has 48 heavy (non-hydrogen) atoms. The van der Waals surface area contributed by atoms with E-state index < -0.39 is 36.1 Å². The van der Waals surface area contributed by atoms with E-state index in [-0.39, 0.29) is 51.3 Å². The number of carbonyl (C=O) groups excluding carboxylic acids is 3. The molecule has 3 amide bonds. The second kappa shape index (κ2) is 11.6. The van der Waals surface area contributed by atoms with Gasteiger partial charge in [-0.3, -0.25) is 24.1 Å². The summed E-state index contributed by atoms with van der Waals surface area (Å²) in [5, 5.41) is 2.97. The van der Waals surface area contributed by atoms with E-state index in [9.17, 15) is 32.3 Å². The van der Waals surface area contributed by atoms with Crippen molar-refractivity contribution in [2.45, 2.75) is 28.8 Å². The molecule has 2 aliphatic heterocycles. The molecule has 0 radical (unpaired) electrons. The largest absolute Gasteiger partial charge is 0.483 e. The second-order valence-corrected chi connectivity index (χ2v) is 15.5. The summed E-state index contributed by atoms with van der Waals surface area (Å²) < 4.78 is 47.3. The number of carbonyl (C=O) groups is 3. The van der Waals surface area contributed by atoms with Gasteiger partial charge in [0.2, 0.25) is 11.8 Å². The highest BCUT2D eigenvalue weighted by Gasteiger charge is 2.69. The van der Waals surface area contributed by atoms with E-state index in [1.807, 2.05) is 12.1 Å². The number of alkyl halides is 3. The van der Waals surface area contributed by atoms with Gasteiger partial charge in [-0.15, -0.1) is 11.8 Å². The maximum absolute atomic E-state index is 14.0. The highest BCUT2D eigenvalue weighted by molar-refractivity contribution is 9.10. The van der Waals surface area contributed by atoms with Crippen molar-refractivity contribution in [2.24, 2.45) is 29.6 Å². The maximum atomic E-state index is 14.0. The number of nitrogens with zero attached hydrogens (tertiary/aromatic N) is 1. The molecule has 8 rings (SSSR count). The summed E-state index contributed by atoms with van der Waals surface area (Å²) in [4.78, 5) is 58.3. The lowest BCUT2D eigenvalue weighted by Crippen LogP contribution is -2.42. The highest BCUT2D eigenvalue weighted by atomic mass is 79.9. The number of anilines is 2. The number of H-pyrrole nitrogens is 1. The monoisotopic (exact) mass is 755 g/mol. The highest BCUT2D eigenvalue weighted by Crippen LogP contribution is 2.69. The number of benzene rings is 3. The van der Waals surface area contributed by atoms with Crippen LogP contribution in [0.1, 0.15) is 28.3 Å². The molecule has 4 aliphatic rings. The molecule has 3 aromatic carbocycles. The minimum atomic E-state index is -4.65. The molecule has 8 nitrogen and oxygen atoms in total. The Hall–Kier alpha value is -3.88. The molecule has 3 fully saturated rings. The predicted octanol–water partition coefficient (Wildman–Crippen LogP) is 6.91. The van der Waals surface area contributed by atoms with E-state index in [2.05, 4.69) is 26.2 Å². The number of hydrogen-bond acceptors (Lipinski definition) is 7. The summed E-state index contributed by atoms with van der Waals surface area (Å²) in [5.74, 6) is -2.49. The average molecular weight is 757 g/mol. The van der Waals surface area contributed by atoms with Crippen LogP contribution in [0.15, 0.2) is 87.1 Å². The van der Waals surface area contributed by atoms with Crippen LogP contribution >= 0.6 is 39.0 Å². The van der Waals surface area contributed by atoms with Gasteiger partial charge in [0.1, 0.15) is 5.75 Å². The van der Waals surface area contributed by atoms with Gasteiger partial charge in [0.25, 0.3) is 5.91 Å². The summed E-state index contributed by atoms with van der Waals surface area (Å²) >= 11 is 6.06. The van der Waals surface area contributed by atoms with Crippen molar-refractivity contribution >= 4 is 68.1 Å². The third-order valence-electron chi connectivity index (χ3n) is 9.93. The molecule has 246 valence electrons. The van der Waals surface area contributed by atoms with Crippen LogP contribution in [0.2, 0.25) is 0 Å². The first kappa shape index (κ1) is 31.4. The van der Waals surface area contributed by atoms with Crippen molar-refractivity contribution in [2.75, 3.05) is 16.8 Å². The molecule has 2 saturated carbocycles. The minimum Gasteiger partial charge on any atom is -0.483 e. The lowest BCUT2D eigenvalue weighted by Gasteiger charge is -2.43. The zero-order valence-electron chi connectivity index (χ0n) is 24.7. The molecule has 14 heteroatoms. The number of aromatic amines is 1. The van der Waals surface area contributed by atoms with Crippen LogP contribution in [0.5, 0.6) is 5.75 Å². The molecule has 2 N–H and O–H groups in total. The van der Waals surface area contributed by atoms with Gasteiger partial charge in [0.15, 0.2) is 6.61 Å². The normalized spacial score (nSPS) is 27.1. The Labute approximate surface area is 288 Å². The number of halogens is 4. The van der Waals surface area contributed by atoms with E-state index in [0.29, 0.717) is 23.4 Å². The van der Waals surface area contributed by atoms with Crippen molar-refractivity contribution < 1.29 is 32.3 Å². The molecule has 4 unspecified atom stereocenters. The van der Waals surface area contributed by atoms with E-state index in [4.69, 9.17) is 4.74 Å². The number of rotatable bonds is 6. The van der Waals surface area contributed by atoms with Gasteiger partial charge in [-0.25, -0.2) is 0 Å². The number of amides is 3. The Kier molecular flexibility index (Phi) is 7.60. The number of aromatic nitrogens is 1. The third-order valence-corrected chi connectivity index (χ3v) is 13.0. The van der Waals surface area contributed by atoms with Gasteiger partial charge in [-0.05, 0) is 66.6 Å². The Morgan fingerprint density at radius 3 is 2.40 bits per heavy atom. The molecule has 3 heterocycles. The quantitative estimate of drug-likeness (QED) is 0.207. The standard InChI is InChI=1S/C34H25BrF3N3O5S2/c35-15-9-11-16(12-10-15)41-31(43)26-18-13-19(27(26)32(41)44)28-25(18)24(29-30(47-28)40-33(45)48-29)17-5-1-4-8-22(17)46-14-23(42)39-21-7-3-2-6-20(21)34(36,37)38/h1-12,18-19,24-28H,13-14H2,(H,39,42)(H,40,45)/t18-,19-,24-,25?,26?,27?,28?/m1/s1. The van der Waals surface area contributed by atoms with Crippen LogP contribution in [0.25, 0.3) is 0 Å². The van der Waals surface area contributed by atoms with Crippen LogP contribution in [0.3, 0.4) is 0 Å². The van der Waals surface area contributed by atoms with Crippen LogP contribution in [-0.2, 0) is 20.6 Å². The number of imide groups is 1. The lowest BCUT2D eigenvalue weighted by molar-refractivity contribution is -0.137. The molecule has 2 aliphatic carbocycles. The Balaban J connectivity index is 1.11. The first-order valence-electron chi connectivity index (χ1n) is 15.2.